The molecule has 2 unspecified atom stereocenters. The molecule has 4 nitrogen and oxygen atoms in total. The normalized spacial score (nSPS) is 24.8. The van der Waals surface area contributed by atoms with Crippen LogP contribution in [-0.2, 0) is 6.54 Å². The predicted octanol–water partition coefficient (Wildman–Crippen LogP) is 2.85. The van der Waals surface area contributed by atoms with Crippen molar-refractivity contribution in [2.24, 2.45) is 5.92 Å². The van der Waals surface area contributed by atoms with Crippen LogP contribution in [0.3, 0.4) is 0 Å². The standard InChI is InChI=1S/C14H25ClN4/c1-3-4-6-18-7-5-12(8-13(18)15)9-19-10-14(16)17-11(19)2/h10,12-13H,3-9,16H2,1-2H3. The van der Waals surface area contributed by atoms with Gasteiger partial charge in [0.05, 0.1) is 5.50 Å². The van der Waals surface area contributed by atoms with Crippen LogP contribution >= 0.6 is 11.6 Å². The Morgan fingerprint density at radius 1 is 1.53 bits per heavy atom. The number of imidazole rings is 1. The number of nitrogens with two attached hydrogens (primary N) is 1. The summed E-state index contributed by atoms with van der Waals surface area (Å²) < 4.78 is 2.16. The Balaban J connectivity index is 1.86. The van der Waals surface area contributed by atoms with Gasteiger partial charge in [-0.25, -0.2) is 4.98 Å². The minimum Gasteiger partial charge on any atom is -0.382 e. The van der Waals surface area contributed by atoms with Crippen molar-refractivity contribution < 1.29 is 0 Å². The average molecular weight is 285 g/mol. The Morgan fingerprint density at radius 2 is 2.32 bits per heavy atom. The van der Waals surface area contributed by atoms with Crippen LogP contribution in [0.5, 0.6) is 0 Å². The van der Waals surface area contributed by atoms with Gasteiger partial charge < -0.3 is 10.3 Å². The molecule has 1 saturated heterocycles. The van der Waals surface area contributed by atoms with E-state index in [4.69, 9.17) is 17.3 Å². The maximum absolute atomic E-state index is 6.50. The van der Waals surface area contributed by atoms with Crippen molar-refractivity contribution in [3.8, 4) is 0 Å². The van der Waals surface area contributed by atoms with Crippen LogP contribution in [0.1, 0.15) is 38.4 Å². The molecule has 2 N–H and O–H groups in total. The second kappa shape index (κ2) is 6.62. The molecule has 0 aliphatic carbocycles. The second-order valence-corrected chi connectivity index (χ2v) is 6.08. The third-order valence-electron chi connectivity index (χ3n) is 4.00. The van der Waals surface area contributed by atoms with E-state index >= 15 is 0 Å². The zero-order valence-electron chi connectivity index (χ0n) is 12.0. The Labute approximate surface area is 120 Å². The molecule has 2 rings (SSSR count). The summed E-state index contributed by atoms with van der Waals surface area (Å²) in [6, 6.07) is 0. The molecule has 2 atom stereocenters. The van der Waals surface area contributed by atoms with E-state index < -0.39 is 0 Å². The number of likely N-dealkylation sites (tertiary alicyclic amines) is 1. The fourth-order valence-electron chi connectivity index (χ4n) is 2.81. The van der Waals surface area contributed by atoms with Gasteiger partial charge in [-0.15, -0.1) is 11.6 Å². The van der Waals surface area contributed by atoms with E-state index in [0.717, 1.165) is 31.9 Å². The van der Waals surface area contributed by atoms with E-state index in [2.05, 4.69) is 21.4 Å². The van der Waals surface area contributed by atoms with Crippen molar-refractivity contribution in [1.29, 1.82) is 0 Å². The summed E-state index contributed by atoms with van der Waals surface area (Å²) in [7, 11) is 0. The summed E-state index contributed by atoms with van der Waals surface area (Å²) in [6.45, 7) is 7.46. The molecule has 1 fully saturated rings. The second-order valence-electron chi connectivity index (χ2n) is 5.58. The molecule has 0 amide bonds. The molecule has 108 valence electrons. The lowest BCUT2D eigenvalue weighted by molar-refractivity contribution is 0.148. The molecule has 2 heterocycles. The van der Waals surface area contributed by atoms with Gasteiger partial charge in [-0.2, -0.15) is 0 Å². The first-order valence-corrected chi connectivity index (χ1v) is 7.71. The summed E-state index contributed by atoms with van der Waals surface area (Å²) in [5, 5.41) is 0. The Hall–Kier alpha value is -0.740. The van der Waals surface area contributed by atoms with Crippen molar-refractivity contribution in [1.82, 2.24) is 14.5 Å². The molecule has 1 aromatic heterocycles. The molecule has 1 aliphatic rings. The van der Waals surface area contributed by atoms with Crippen LogP contribution in [0.4, 0.5) is 5.82 Å². The largest absolute Gasteiger partial charge is 0.382 e. The van der Waals surface area contributed by atoms with E-state index in [9.17, 15) is 0 Å². The minimum absolute atomic E-state index is 0.187. The van der Waals surface area contributed by atoms with Crippen molar-refractivity contribution in [3.05, 3.63) is 12.0 Å². The molecule has 0 spiro atoms. The number of unbranched alkanes of at least 4 members (excludes halogenated alkanes) is 1. The maximum atomic E-state index is 6.50. The van der Waals surface area contributed by atoms with Gasteiger partial charge in [-0.3, -0.25) is 4.90 Å². The quantitative estimate of drug-likeness (QED) is 0.668. The molecule has 1 aliphatic heterocycles. The lowest BCUT2D eigenvalue weighted by Gasteiger charge is -2.36. The summed E-state index contributed by atoms with van der Waals surface area (Å²) >= 11 is 6.50. The van der Waals surface area contributed by atoms with Crippen LogP contribution in [0.25, 0.3) is 0 Å². The highest BCUT2D eigenvalue weighted by Gasteiger charge is 2.26. The van der Waals surface area contributed by atoms with E-state index in [0.29, 0.717) is 11.7 Å². The number of alkyl halides is 1. The first kappa shape index (κ1) is 14.7. The van der Waals surface area contributed by atoms with E-state index in [-0.39, 0.29) is 5.50 Å². The van der Waals surface area contributed by atoms with Gasteiger partial charge >= 0.3 is 0 Å². The van der Waals surface area contributed by atoms with Crippen molar-refractivity contribution in [2.45, 2.75) is 51.6 Å². The third-order valence-corrected chi connectivity index (χ3v) is 4.45. The van der Waals surface area contributed by atoms with E-state index in [1.165, 1.54) is 19.3 Å². The Kier molecular flexibility index (Phi) is 5.11. The lowest BCUT2D eigenvalue weighted by Crippen LogP contribution is -2.40. The molecule has 0 bridgehead atoms. The molecule has 0 aromatic carbocycles. The van der Waals surface area contributed by atoms with Crippen molar-refractivity contribution in [3.63, 3.8) is 0 Å². The number of aryl methyl sites for hydroxylation is 1. The van der Waals surface area contributed by atoms with Gasteiger partial charge in [0.1, 0.15) is 11.6 Å². The Bertz CT molecular complexity index is 404. The van der Waals surface area contributed by atoms with Gasteiger partial charge in [0.2, 0.25) is 0 Å². The van der Waals surface area contributed by atoms with Crippen LogP contribution in [0.15, 0.2) is 6.20 Å². The predicted molar refractivity (Wildman–Crippen MR) is 80.2 cm³/mol. The van der Waals surface area contributed by atoms with Crippen molar-refractivity contribution in [2.75, 3.05) is 18.8 Å². The first-order valence-electron chi connectivity index (χ1n) is 7.27. The highest BCUT2D eigenvalue weighted by molar-refractivity contribution is 6.20. The van der Waals surface area contributed by atoms with Gasteiger partial charge in [0.25, 0.3) is 0 Å². The number of hydrogen-bond acceptors (Lipinski definition) is 3. The molecule has 19 heavy (non-hydrogen) atoms. The van der Waals surface area contributed by atoms with E-state index in [1.54, 1.807) is 0 Å². The SMILES string of the molecule is CCCCN1CCC(Cn2cc(N)nc2C)CC1Cl. The molecule has 5 heteroatoms. The van der Waals surface area contributed by atoms with Crippen LogP contribution < -0.4 is 5.73 Å². The van der Waals surface area contributed by atoms with Crippen LogP contribution in [0, 0.1) is 12.8 Å². The number of hydrogen-bond donors (Lipinski definition) is 1. The number of aromatic nitrogens is 2. The molecule has 1 aromatic rings. The zero-order chi connectivity index (χ0) is 13.8. The summed E-state index contributed by atoms with van der Waals surface area (Å²) in [5.74, 6) is 2.24. The highest BCUT2D eigenvalue weighted by Crippen LogP contribution is 2.27. The van der Waals surface area contributed by atoms with Gasteiger partial charge in [-0.1, -0.05) is 13.3 Å². The number of rotatable bonds is 5. The summed E-state index contributed by atoms with van der Waals surface area (Å²) in [5.41, 5.74) is 5.91. The Morgan fingerprint density at radius 3 is 2.89 bits per heavy atom. The molecular weight excluding hydrogens is 260 g/mol. The number of anilines is 1. The number of nitrogens with zero attached hydrogens (tertiary/aromatic N) is 3. The summed E-state index contributed by atoms with van der Waals surface area (Å²) in [4.78, 5) is 6.66. The van der Waals surface area contributed by atoms with E-state index in [1.807, 2.05) is 13.1 Å². The number of halogens is 1. The zero-order valence-corrected chi connectivity index (χ0v) is 12.7. The van der Waals surface area contributed by atoms with Gasteiger partial charge in [0, 0.05) is 12.7 Å². The minimum atomic E-state index is 0.187. The number of piperidine rings is 1. The maximum Gasteiger partial charge on any atom is 0.141 e. The van der Waals surface area contributed by atoms with Crippen LogP contribution in [-0.4, -0.2) is 33.0 Å². The molecule has 0 saturated carbocycles. The average Bonchev–Trinajstić information content (AvgIpc) is 2.67. The lowest BCUT2D eigenvalue weighted by atomic mass is 9.96. The highest BCUT2D eigenvalue weighted by atomic mass is 35.5. The smallest absolute Gasteiger partial charge is 0.141 e. The fourth-order valence-corrected chi connectivity index (χ4v) is 3.25. The van der Waals surface area contributed by atoms with Gasteiger partial charge in [0.15, 0.2) is 0 Å². The van der Waals surface area contributed by atoms with Gasteiger partial charge in [-0.05, 0) is 45.2 Å². The molecule has 0 radical (unpaired) electrons. The molecular formula is C14H25ClN4. The van der Waals surface area contributed by atoms with Crippen molar-refractivity contribution >= 4 is 17.4 Å². The monoisotopic (exact) mass is 284 g/mol. The first-order chi connectivity index (χ1) is 9.10. The fraction of sp³-hybridized carbons (Fsp3) is 0.786. The van der Waals surface area contributed by atoms with Crippen LogP contribution in [0.2, 0.25) is 0 Å². The topological polar surface area (TPSA) is 47.1 Å². The third kappa shape index (κ3) is 3.86. The summed E-state index contributed by atoms with van der Waals surface area (Å²) in [6.07, 6.45) is 6.68. The number of nitrogen functional groups attached to an aromatic ring is 1.